The van der Waals surface area contributed by atoms with Gasteiger partial charge in [-0.15, -0.1) is 0 Å². The van der Waals surface area contributed by atoms with E-state index in [1.165, 1.54) is 0 Å². The van der Waals surface area contributed by atoms with Gasteiger partial charge in [-0.25, -0.2) is 0 Å². The summed E-state index contributed by atoms with van der Waals surface area (Å²) in [5.41, 5.74) is 0. The van der Waals surface area contributed by atoms with E-state index in [1.54, 1.807) is 6.92 Å². The summed E-state index contributed by atoms with van der Waals surface area (Å²) in [7, 11) is 0. The van der Waals surface area contributed by atoms with Gasteiger partial charge in [-0.05, 0) is 18.8 Å². The Bertz CT molecular complexity index is 445. The summed E-state index contributed by atoms with van der Waals surface area (Å²) < 4.78 is 5.07. The maximum atomic E-state index is 12.4. The molecule has 1 rings (SSSR count). The first-order valence-electron chi connectivity index (χ1n) is 8.94. The van der Waals surface area contributed by atoms with Crippen molar-refractivity contribution < 1.29 is 24.5 Å². The monoisotopic (exact) mass is 340 g/mol. The number of allylic oxidation sites excluding steroid dienone is 1. The summed E-state index contributed by atoms with van der Waals surface area (Å²) in [6.07, 6.45) is 4.18. The second kappa shape index (κ2) is 9.94. The van der Waals surface area contributed by atoms with E-state index in [-0.39, 0.29) is 30.6 Å². The van der Waals surface area contributed by atoms with Gasteiger partial charge in [-0.1, -0.05) is 39.8 Å². The van der Waals surface area contributed by atoms with Gasteiger partial charge in [-0.2, -0.15) is 0 Å². The molecule has 0 amide bonds. The Hall–Kier alpha value is -1.20. The second-order valence-electron chi connectivity index (χ2n) is 7.30. The molecule has 6 atom stereocenters. The van der Waals surface area contributed by atoms with Crippen molar-refractivity contribution in [2.24, 2.45) is 23.7 Å². The molecule has 0 aliphatic carbocycles. The zero-order chi connectivity index (χ0) is 18.3. The van der Waals surface area contributed by atoms with Crippen LogP contribution in [0.5, 0.6) is 0 Å². The minimum atomic E-state index is -1.03. The SMILES string of the molecule is CC1C/C=C/C(C)C(O)CCOC(=O)CC(O)C(C)C(=O)C(C)C1. The molecule has 24 heavy (non-hydrogen) atoms. The Labute approximate surface area is 145 Å². The lowest BCUT2D eigenvalue weighted by Crippen LogP contribution is -2.32. The largest absolute Gasteiger partial charge is 0.465 e. The third-order valence-corrected chi connectivity index (χ3v) is 4.91. The lowest BCUT2D eigenvalue weighted by atomic mass is 9.84. The molecule has 1 aliphatic rings. The minimum Gasteiger partial charge on any atom is -0.465 e. The lowest BCUT2D eigenvalue weighted by molar-refractivity contribution is -0.148. The van der Waals surface area contributed by atoms with E-state index < -0.39 is 24.1 Å². The smallest absolute Gasteiger partial charge is 0.308 e. The highest BCUT2D eigenvalue weighted by Crippen LogP contribution is 2.22. The number of hydrogen-bond donors (Lipinski definition) is 2. The lowest BCUT2D eigenvalue weighted by Gasteiger charge is -2.23. The van der Waals surface area contributed by atoms with Crippen molar-refractivity contribution in [1.29, 1.82) is 0 Å². The maximum Gasteiger partial charge on any atom is 0.308 e. The molecule has 0 aromatic heterocycles. The Morgan fingerprint density at radius 3 is 2.42 bits per heavy atom. The topological polar surface area (TPSA) is 83.8 Å². The van der Waals surface area contributed by atoms with E-state index in [4.69, 9.17) is 4.74 Å². The average Bonchev–Trinajstić information content (AvgIpc) is 2.51. The fraction of sp³-hybridized carbons (Fsp3) is 0.789. The van der Waals surface area contributed by atoms with Gasteiger partial charge in [0.1, 0.15) is 5.78 Å². The van der Waals surface area contributed by atoms with Gasteiger partial charge in [-0.3, -0.25) is 9.59 Å². The fourth-order valence-electron chi connectivity index (χ4n) is 3.07. The Morgan fingerprint density at radius 1 is 1.08 bits per heavy atom. The van der Waals surface area contributed by atoms with E-state index in [0.717, 1.165) is 12.8 Å². The van der Waals surface area contributed by atoms with Crippen molar-refractivity contribution in [3.05, 3.63) is 12.2 Å². The van der Waals surface area contributed by atoms with Crippen LogP contribution >= 0.6 is 0 Å². The van der Waals surface area contributed by atoms with Crippen LogP contribution in [0.25, 0.3) is 0 Å². The number of Topliss-reactive ketones (excluding diaryl/α,β-unsaturated/α-hetero) is 1. The van der Waals surface area contributed by atoms with E-state index in [1.807, 2.05) is 26.0 Å². The number of hydrogen-bond acceptors (Lipinski definition) is 5. The number of esters is 1. The van der Waals surface area contributed by atoms with Crippen LogP contribution in [0.15, 0.2) is 12.2 Å². The molecule has 0 aromatic carbocycles. The highest BCUT2D eigenvalue weighted by molar-refractivity contribution is 5.84. The number of rotatable bonds is 0. The van der Waals surface area contributed by atoms with E-state index in [9.17, 15) is 19.8 Å². The summed E-state index contributed by atoms with van der Waals surface area (Å²) in [6, 6.07) is 0. The van der Waals surface area contributed by atoms with E-state index >= 15 is 0 Å². The molecule has 0 radical (unpaired) electrons. The minimum absolute atomic E-state index is 0.0120. The van der Waals surface area contributed by atoms with Crippen LogP contribution in [-0.2, 0) is 14.3 Å². The van der Waals surface area contributed by atoms with Crippen molar-refractivity contribution in [3.63, 3.8) is 0 Å². The first-order valence-corrected chi connectivity index (χ1v) is 8.94. The quantitative estimate of drug-likeness (QED) is 0.523. The number of carbonyl (C=O) groups excluding carboxylic acids is 2. The van der Waals surface area contributed by atoms with Crippen LogP contribution in [0.4, 0.5) is 0 Å². The van der Waals surface area contributed by atoms with Gasteiger partial charge in [0, 0.05) is 24.2 Å². The maximum absolute atomic E-state index is 12.4. The van der Waals surface area contributed by atoms with Crippen molar-refractivity contribution in [1.82, 2.24) is 0 Å². The van der Waals surface area contributed by atoms with Gasteiger partial charge in [0.15, 0.2) is 0 Å². The first-order chi connectivity index (χ1) is 11.2. The van der Waals surface area contributed by atoms with E-state index in [2.05, 4.69) is 6.92 Å². The number of carbonyl (C=O) groups is 2. The second-order valence-corrected chi connectivity index (χ2v) is 7.30. The number of ketones is 1. The third-order valence-electron chi connectivity index (χ3n) is 4.91. The van der Waals surface area contributed by atoms with Gasteiger partial charge < -0.3 is 14.9 Å². The molecular weight excluding hydrogens is 308 g/mol. The molecule has 5 nitrogen and oxygen atoms in total. The molecule has 138 valence electrons. The molecule has 0 saturated carbocycles. The van der Waals surface area contributed by atoms with E-state index in [0.29, 0.717) is 12.3 Å². The summed E-state index contributed by atoms with van der Waals surface area (Å²) in [4.78, 5) is 24.2. The molecule has 5 heteroatoms. The van der Waals surface area contributed by atoms with Crippen LogP contribution in [0, 0.1) is 23.7 Å². The number of cyclic esters (lactones) is 1. The Kier molecular flexibility index (Phi) is 8.63. The van der Waals surface area contributed by atoms with Gasteiger partial charge >= 0.3 is 5.97 Å². The molecule has 1 aliphatic heterocycles. The third kappa shape index (κ3) is 6.73. The number of ether oxygens (including phenoxy) is 1. The van der Waals surface area contributed by atoms with Crippen molar-refractivity contribution in [2.45, 2.75) is 65.6 Å². The molecule has 6 unspecified atom stereocenters. The fourth-order valence-corrected chi connectivity index (χ4v) is 3.07. The van der Waals surface area contributed by atoms with Crippen LogP contribution in [0.3, 0.4) is 0 Å². The summed E-state index contributed by atoms with van der Waals surface area (Å²) >= 11 is 0. The molecule has 0 bridgehead atoms. The zero-order valence-corrected chi connectivity index (χ0v) is 15.3. The van der Waals surface area contributed by atoms with Crippen molar-refractivity contribution >= 4 is 11.8 Å². The zero-order valence-electron chi connectivity index (χ0n) is 15.3. The average molecular weight is 340 g/mol. The molecular formula is C19H32O5. The standard InChI is InChI=1S/C19H32O5/c1-12-6-5-7-13(2)16(20)8-9-24-18(22)11-17(21)15(4)19(23)14(3)10-12/h5,7,12-17,20-21H,6,8-11H2,1-4H3/b7-5+. The number of aliphatic hydroxyl groups excluding tert-OH is 2. The van der Waals surface area contributed by atoms with Crippen molar-refractivity contribution in [3.8, 4) is 0 Å². The molecule has 1 heterocycles. The van der Waals surface area contributed by atoms with Crippen LogP contribution in [-0.4, -0.2) is 40.8 Å². The summed E-state index contributed by atoms with van der Waals surface area (Å²) in [5, 5.41) is 20.2. The number of aliphatic hydroxyl groups is 2. The highest BCUT2D eigenvalue weighted by Gasteiger charge is 2.29. The summed E-state index contributed by atoms with van der Waals surface area (Å²) in [5.74, 6) is -0.980. The van der Waals surface area contributed by atoms with Gasteiger partial charge in [0.25, 0.3) is 0 Å². The highest BCUT2D eigenvalue weighted by atomic mass is 16.5. The van der Waals surface area contributed by atoms with Crippen LogP contribution in [0.2, 0.25) is 0 Å². The normalized spacial score (nSPS) is 39.2. The molecule has 0 aromatic rings. The van der Waals surface area contributed by atoms with Gasteiger partial charge in [0.05, 0.1) is 25.2 Å². The van der Waals surface area contributed by atoms with Crippen LogP contribution in [0.1, 0.15) is 53.4 Å². The molecule has 0 fully saturated rings. The Balaban J connectivity index is 2.82. The van der Waals surface area contributed by atoms with Crippen molar-refractivity contribution in [2.75, 3.05) is 6.61 Å². The first kappa shape index (κ1) is 20.8. The predicted molar refractivity (Wildman–Crippen MR) is 92.2 cm³/mol. The summed E-state index contributed by atoms with van der Waals surface area (Å²) in [6.45, 7) is 7.67. The Morgan fingerprint density at radius 2 is 1.75 bits per heavy atom. The molecule has 0 saturated heterocycles. The molecule has 2 N–H and O–H groups in total. The van der Waals surface area contributed by atoms with Crippen LogP contribution < -0.4 is 0 Å². The predicted octanol–water partition coefficient (Wildman–Crippen LogP) is 2.50. The molecule has 0 spiro atoms. The van der Waals surface area contributed by atoms with Gasteiger partial charge in [0.2, 0.25) is 0 Å².